The molecule has 16 heavy (non-hydrogen) atoms. The van der Waals surface area contributed by atoms with Gasteiger partial charge in [-0.1, -0.05) is 0 Å². The van der Waals surface area contributed by atoms with Crippen LogP contribution in [0.1, 0.15) is 16.1 Å². The van der Waals surface area contributed by atoms with Crippen molar-refractivity contribution in [1.82, 2.24) is 9.38 Å². The largest absolute Gasteiger partial charge is 0.465 e. The first-order chi connectivity index (χ1) is 7.74. The maximum Gasteiger partial charge on any atom is 0.339 e. The van der Waals surface area contributed by atoms with Crippen molar-refractivity contribution in [3.63, 3.8) is 0 Å². The summed E-state index contributed by atoms with van der Waals surface area (Å²) in [5.74, 6) is -0.376. The number of pyridine rings is 1. The van der Waals surface area contributed by atoms with Gasteiger partial charge in [0.2, 0.25) is 0 Å². The highest BCUT2D eigenvalue weighted by Crippen LogP contribution is 2.09. The van der Waals surface area contributed by atoms with E-state index in [0.717, 1.165) is 11.3 Å². The van der Waals surface area contributed by atoms with Crippen LogP contribution in [-0.2, 0) is 11.2 Å². The number of aromatic nitrogens is 2. The van der Waals surface area contributed by atoms with E-state index >= 15 is 0 Å². The van der Waals surface area contributed by atoms with Gasteiger partial charge in [0.25, 0.3) is 0 Å². The number of carbonyl (C=O) groups is 1. The molecule has 2 heterocycles. The number of nitrogens with zero attached hydrogens (tertiary/aromatic N) is 2. The highest BCUT2D eigenvalue weighted by Gasteiger charge is 2.07. The average molecular weight is 220 g/mol. The number of hydrogen-bond acceptors (Lipinski definition) is 4. The molecular weight excluding hydrogens is 208 g/mol. The smallest absolute Gasteiger partial charge is 0.339 e. The van der Waals surface area contributed by atoms with Crippen molar-refractivity contribution in [2.24, 2.45) is 0 Å². The van der Waals surface area contributed by atoms with Crippen molar-refractivity contribution in [1.29, 1.82) is 0 Å². The zero-order chi connectivity index (χ0) is 11.5. The topological polar surface area (TPSA) is 63.8 Å². The molecule has 0 bridgehead atoms. The summed E-state index contributed by atoms with van der Waals surface area (Å²) in [6.07, 6.45) is 3.96. The van der Waals surface area contributed by atoms with E-state index in [1.54, 1.807) is 28.9 Å². The van der Waals surface area contributed by atoms with Crippen LogP contribution >= 0.6 is 0 Å². The van der Waals surface area contributed by atoms with Gasteiger partial charge < -0.3 is 14.2 Å². The fourth-order valence-electron chi connectivity index (χ4n) is 1.52. The molecule has 84 valence electrons. The summed E-state index contributed by atoms with van der Waals surface area (Å²) in [6, 6.07) is 3.41. The fraction of sp³-hybridized carbons (Fsp3) is 0.273. The molecule has 5 nitrogen and oxygen atoms in total. The van der Waals surface area contributed by atoms with Crippen LogP contribution < -0.4 is 0 Å². The maximum atomic E-state index is 11.3. The van der Waals surface area contributed by atoms with Gasteiger partial charge in [-0.05, 0) is 12.1 Å². The number of hydrogen-bond donors (Lipinski definition) is 1. The zero-order valence-electron chi connectivity index (χ0n) is 8.88. The Morgan fingerprint density at radius 2 is 2.31 bits per heavy atom. The average Bonchev–Trinajstić information content (AvgIpc) is 2.69. The number of ether oxygens (including phenoxy) is 1. The molecular formula is C11H12N2O3. The number of esters is 1. The number of aliphatic hydroxyl groups excluding tert-OH is 1. The molecule has 0 atom stereocenters. The highest BCUT2D eigenvalue weighted by atomic mass is 16.5. The third-order valence-corrected chi connectivity index (χ3v) is 2.29. The van der Waals surface area contributed by atoms with Crippen LogP contribution in [0.15, 0.2) is 24.5 Å². The van der Waals surface area contributed by atoms with E-state index in [9.17, 15) is 4.79 Å². The van der Waals surface area contributed by atoms with Crippen molar-refractivity contribution < 1.29 is 14.6 Å². The minimum Gasteiger partial charge on any atom is -0.465 e. The molecule has 0 amide bonds. The Labute approximate surface area is 92.3 Å². The maximum absolute atomic E-state index is 11.3. The minimum atomic E-state index is -0.376. The second-order valence-corrected chi connectivity index (χ2v) is 3.38. The lowest BCUT2D eigenvalue weighted by Crippen LogP contribution is -2.02. The quantitative estimate of drug-likeness (QED) is 0.771. The van der Waals surface area contributed by atoms with Gasteiger partial charge in [-0.3, -0.25) is 0 Å². The Hall–Kier alpha value is -1.88. The number of rotatable bonds is 3. The molecule has 0 aliphatic heterocycles. The van der Waals surface area contributed by atoms with Gasteiger partial charge in [0.1, 0.15) is 5.65 Å². The monoisotopic (exact) mass is 220 g/mol. The minimum absolute atomic E-state index is 0.0632. The summed E-state index contributed by atoms with van der Waals surface area (Å²) in [5.41, 5.74) is 2.02. The van der Waals surface area contributed by atoms with E-state index in [4.69, 9.17) is 5.11 Å². The molecule has 0 unspecified atom stereocenters. The molecule has 0 radical (unpaired) electrons. The molecule has 5 heteroatoms. The van der Waals surface area contributed by atoms with E-state index in [1.807, 2.05) is 0 Å². The Balaban J connectivity index is 2.41. The summed E-state index contributed by atoms with van der Waals surface area (Å²) in [4.78, 5) is 15.6. The van der Waals surface area contributed by atoms with Crippen molar-refractivity contribution in [2.45, 2.75) is 6.42 Å². The molecule has 0 saturated heterocycles. The second-order valence-electron chi connectivity index (χ2n) is 3.38. The molecule has 2 aromatic heterocycles. The summed E-state index contributed by atoms with van der Waals surface area (Å²) in [6.45, 7) is 0.0632. The summed E-state index contributed by atoms with van der Waals surface area (Å²) in [5, 5.41) is 8.80. The van der Waals surface area contributed by atoms with E-state index in [1.165, 1.54) is 7.11 Å². The number of methoxy groups -OCH3 is 1. The molecule has 0 aliphatic rings. The van der Waals surface area contributed by atoms with Crippen LogP contribution in [0.4, 0.5) is 0 Å². The van der Waals surface area contributed by atoms with Gasteiger partial charge in [0.15, 0.2) is 0 Å². The van der Waals surface area contributed by atoms with Crippen LogP contribution in [0, 0.1) is 0 Å². The highest BCUT2D eigenvalue weighted by molar-refractivity contribution is 5.89. The number of imidazole rings is 1. The molecule has 2 aromatic rings. The predicted octanol–water partition coefficient (Wildman–Crippen LogP) is 0.656. The molecule has 0 spiro atoms. The molecule has 0 fully saturated rings. The molecule has 0 aromatic carbocycles. The lowest BCUT2D eigenvalue weighted by Gasteiger charge is -1.99. The Bertz CT molecular complexity index is 519. The third kappa shape index (κ3) is 1.90. The predicted molar refractivity (Wildman–Crippen MR) is 57.3 cm³/mol. The van der Waals surface area contributed by atoms with Crippen LogP contribution in [0.25, 0.3) is 5.65 Å². The van der Waals surface area contributed by atoms with Crippen molar-refractivity contribution in [3.05, 3.63) is 35.8 Å². The summed E-state index contributed by atoms with van der Waals surface area (Å²) >= 11 is 0. The van der Waals surface area contributed by atoms with Crippen molar-refractivity contribution >= 4 is 11.6 Å². The van der Waals surface area contributed by atoms with Crippen LogP contribution in [0.2, 0.25) is 0 Å². The van der Waals surface area contributed by atoms with Crippen LogP contribution in [0.3, 0.4) is 0 Å². The molecule has 2 rings (SSSR count). The molecule has 0 saturated carbocycles. The second kappa shape index (κ2) is 4.32. The summed E-state index contributed by atoms with van der Waals surface area (Å²) in [7, 11) is 1.34. The third-order valence-electron chi connectivity index (χ3n) is 2.29. The molecule has 1 N–H and O–H groups in total. The van der Waals surface area contributed by atoms with Gasteiger partial charge in [0, 0.05) is 25.4 Å². The van der Waals surface area contributed by atoms with Gasteiger partial charge in [-0.25, -0.2) is 9.78 Å². The normalized spacial score (nSPS) is 10.6. The van der Waals surface area contributed by atoms with Gasteiger partial charge in [-0.2, -0.15) is 0 Å². The van der Waals surface area contributed by atoms with Crippen molar-refractivity contribution in [2.75, 3.05) is 13.7 Å². The Morgan fingerprint density at radius 1 is 1.50 bits per heavy atom. The number of carbonyl (C=O) groups excluding carboxylic acids is 1. The van der Waals surface area contributed by atoms with Gasteiger partial charge in [-0.15, -0.1) is 0 Å². The van der Waals surface area contributed by atoms with Gasteiger partial charge >= 0.3 is 5.97 Å². The first-order valence-corrected chi connectivity index (χ1v) is 4.91. The lowest BCUT2D eigenvalue weighted by atomic mass is 10.3. The van der Waals surface area contributed by atoms with E-state index in [0.29, 0.717) is 12.0 Å². The standard InChI is InChI=1S/C11H12N2O3/c1-16-11(15)8-2-3-10-12-9(4-5-14)7-13(10)6-8/h2-3,6-7,14H,4-5H2,1H3. The van der Waals surface area contributed by atoms with E-state index in [-0.39, 0.29) is 12.6 Å². The van der Waals surface area contributed by atoms with Crippen molar-refractivity contribution in [3.8, 4) is 0 Å². The zero-order valence-corrected chi connectivity index (χ0v) is 8.88. The molecule has 0 aliphatic carbocycles. The van der Waals surface area contributed by atoms with E-state index < -0.39 is 0 Å². The van der Waals surface area contributed by atoms with Crippen LogP contribution in [-0.4, -0.2) is 34.2 Å². The number of fused-ring (bicyclic) bond motifs is 1. The van der Waals surface area contributed by atoms with E-state index in [2.05, 4.69) is 9.72 Å². The Kier molecular flexibility index (Phi) is 2.87. The summed E-state index contributed by atoms with van der Waals surface area (Å²) < 4.78 is 6.37. The van der Waals surface area contributed by atoms with Crippen LogP contribution in [0.5, 0.6) is 0 Å². The van der Waals surface area contributed by atoms with Gasteiger partial charge in [0.05, 0.1) is 18.4 Å². The number of aliphatic hydroxyl groups is 1. The first-order valence-electron chi connectivity index (χ1n) is 4.91. The SMILES string of the molecule is COC(=O)c1ccc2nc(CCO)cn2c1. The fourth-order valence-corrected chi connectivity index (χ4v) is 1.52. The lowest BCUT2D eigenvalue weighted by molar-refractivity contribution is 0.0600. The Morgan fingerprint density at radius 3 is 3.00 bits per heavy atom. The first kappa shape index (κ1) is 10.6.